The molecular weight excluding hydrogens is 213 g/mol. The normalized spacial score (nSPS) is 10.5. The van der Waals surface area contributed by atoms with Gasteiger partial charge in [0, 0.05) is 5.56 Å². The molecule has 82 valence electrons. The zero-order valence-electron chi connectivity index (χ0n) is 8.60. The number of aryl methyl sites for hydroxylation is 1. The van der Waals surface area contributed by atoms with E-state index in [4.69, 9.17) is 0 Å². The molecule has 0 amide bonds. The van der Waals surface area contributed by atoms with Crippen LogP contribution in [-0.2, 0) is 0 Å². The quantitative estimate of drug-likeness (QED) is 0.638. The molecule has 2 aromatic carbocycles. The summed E-state index contributed by atoms with van der Waals surface area (Å²) >= 11 is 0. The van der Waals surface area contributed by atoms with E-state index in [1.54, 1.807) is 24.3 Å². The molecule has 0 aliphatic carbocycles. The van der Waals surface area contributed by atoms with Gasteiger partial charge in [-0.2, -0.15) is 0 Å². The van der Waals surface area contributed by atoms with Gasteiger partial charge in [0.05, 0.1) is 0 Å². The van der Waals surface area contributed by atoms with Crippen LogP contribution in [0.25, 0.3) is 11.1 Å². The minimum absolute atomic E-state index is 0.0684. The molecule has 0 atom stereocenters. The maximum atomic E-state index is 13.4. The second kappa shape index (κ2) is 4.00. The molecule has 0 aliphatic heterocycles. The Morgan fingerprint density at radius 2 is 1.38 bits per heavy atom. The molecule has 2 aromatic rings. The maximum absolute atomic E-state index is 13.4. The highest BCUT2D eigenvalue weighted by Crippen LogP contribution is 2.25. The van der Waals surface area contributed by atoms with E-state index < -0.39 is 17.5 Å². The van der Waals surface area contributed by atoms with Gasteiger partial charge in [0.15, 0.2) is 17.5 Å². The molecule has 0 unspecified atom stereocenters. The summed E-state index contributed by atoms with van der Waals surface area (Å²) in [6, 6.07) is 9.08. The van der Waals surface area contributed by atoms with E-state index in [0.717, 1.165) is 11.6 Å². The van der Waals surface area contributed by atoms with E-state index in [9.17, 15) is 13.2 Å². The molecule has 0 spiro atoms. The highest BCUT2D eigenvalue weighted by molar-refractivity contribution is 5.64. The van der Waals surface area contributed by atoms with Crippen molar-refractivity contribution in [1.29, 1.82) is 0 Å². The molecule has 16 heavy (non-hydrogen) atoms. The predicted octanol–water partition coefficient (Wildman–Crippen LogP) is 4.08. The van der Waals surface area contributed by atoms with Gasteiger partial charge < -0.3 is 0 Å². The molecule has 2 rings (SSSR count). The molecule has 0 aliphatic rings. The molecule has 3 heteroatoms. The van der Waals surface area contributed by atoms with E-state index in [1.165, 1.54) is 6.07 Å². The van der Waals surface area contributed by atoms with Crippen LogP contribution in [0.2, 0.25) is 0 Å². The Morgan fingerprint density at radius 1 is 0.750 bits per heavy atom. The molecule has 0 N–H and O–H groups in total. The second-order valence-electron chi connectivity index (χ2n) is 3.59. The van der Waals surface area contributed by atoms with E-state index in [0.29, 0.717) is 5.56 Å². The van der Waals surface area contributed by atoms with Crippen LogP contribution >= 0.6 is 0 Å². The van der Waals surface area contributed by atoms with Crippen molar-refractivity contribution in [1.82, 2.24) is 0 Å². The first-order valence-electron chi connectivity index (χ1n) is 4.80. The van der Waals surface area contributed by atoms with Crippen molar-refractivity contribution in [2.45, 2.75) is 6.92 Å². The van der Waals surface area contributed by atoms with Gasteiger partial charge in [0.1, 0.15) is 0 Å². The van der Waals surface area contributed by atoms with Crippen molar-refractivity contribution in [2.24, 2.45) is 0 Å². The van der Waals surface area contributed by atoms with Gasteiger partial charge in [-0.1, -0.05) is 29.8 Å². The summed E-state index contributed by atoms with van der Waals surface area (Å²) < 4.78 is 39.2. The average Bonchev–Trinajstić information content (AvgIpc) is 2.28. The Balaban J connectivity index is 2.57. The molecule has 0 bridgehead atoms. The van der Waals surface area contributed by atoms with Crippen LogP contribution in [-0.4, -0.2) is 0 Å². The molecule has 0 saturated heterocycles. The molecule has 0 heterocycles. The number of benzene rings is 2. The second-order valence-corrected chi connectivity index (χ2v) is 3.59. The Kier molecular flexibility index (Phi) is 2.69. The van der Waals surface area contributed by atoms with Crippen LogP contribution in [0.5, 0.6) is 0 Å². The lowest BCUT2D eigenvalue weighted by Gasteiger charge is -2.05. The van der Waals surface area contributed by atoms with Crippen molar-refractivity contribution in [2.75, 3.05) is 0 Å². The zero-order valence-corrected chi connectivity index (χ0v) is 8.60. The third kappa shape index (κ3) is 1.81. The topological polar surface area (TPSA) is 0 Å². The lowest BCUT2D eigenvalue weighted by molar-refractivity contribution is 0.449. The summed E-state index contributed by atoms with van der Waals surface area (Å²) in [5.41, 5.74) is 1.62. The smallest absolute Gasteiger partial charge is 0.195 e. The highest BCUT2D eigenvalue weighted by atomic mass is 19.2. The predicted molar refractivity (Wildman–Crippen MR) is 56.5 cm³/mol. The van der Waals surface area contributed by atoms with Crippen molar-refractivity contribution in [3.8, 4) is 11.1 Å². The number of hydrogen-bond acceptors (Lipinski definition) is 0. The third-order valence-electron chi connectivity index (χ3n) is 2.40. The Morgan fingerprint density at radius 3 is 2.00 bits per heavy atom. The van der Waals surface area contributed by atoms with Crippen LogP contribution in [0.3, 0.4) is 0 Å². The summed E-state index contributed by atoms with van der Waals surface area (Å²) in [5, 5.41) is 0. The fraction of sp³-hybridized carbons (Fsp3) is 0.0769. The van der Waals surface area contributed by atoms with Gasteiger partial charge >= 0.3 is 0 Å². The summed E-state index contributed by atoms with van der Waals surface area (Å²) in [4.78, 5) is 0. The maximum Gasteiger partial charge on any atom is 0.195 e. The van der Waals surface area contributed by atoms with Gasteiger partial charge in [-0.05, 0) is 24.6 Å². The summed E-state index contributed by atoms with van der Waals surface area (Å²) in [7, 11) is 0. The SMILES string of the molecule is Cc1ccc(-c2ccc(F)c(F)c2F)cc1. The fourth-order valence-corrected chi connectivity index (χ4v) is 1.48. The lowest BCUT2D eigenvalue weighted by atomic mass is 10.0. The van der Waals surface area contributed by atoms with Crippen molar-refractivity contribution >= 4 is 0 Å². The largest absolute Gasteiger partial charge is 0.204 e. The van der Waals surface area contributed by atoms with E-state index in [1.807, 2.05) is 6.92 Å². The number of rotatable bonds is 1. The van der Waals surface area contributed by atoms with Crippen molar-refractivity contribution in [3.05, 3.63) is 59.4 Å². The van der Waals surface area contributed by atoms with Gasteiger partial charge in [-0.15, -0.1) is 0 Å². The summed E-state index contributed by atoms with van der Waals surface area (Å²) in [6.07, 6.45) is 0. The average molecular weight is 222 g/mol. The van der Waals surface area contributed by atoms with Crippen molar-refractivity contribution < 1.29 is 13.2 Å². The first-order chi connectivity index (χ1) is 7.59. The van der Waals surface area contributed by atoms with Gasteiger partial charge in [0.25, 0.3) is 0 Å². The number of halogens is 3. The monoisotopic (exact) mass is 222 g/mol. The molecule has 0 aromatic heterocycles. The minimum Gasteiger partial charge on any atom is -0.204 e. The van der Waals surface area contributed by atoms with Crippen LogP contribution in [0, 0.1) is 24.4 Å². The van der Waals surface area contributed by atoms with Crippen LogP contribution in [0.15, 0.2) is 36.4 Å². The van der Waals surface area contributed by atoms with Gasteiger partial charge in [-0.25, -0.2) is 13.2 Å². The van der Waals surface area contributed by atoms with Gasteiger partial charge in [0.2, 0.25) is 0 Å². The first kappa shape index (κ1) is 10.7. The highest BCUT2D eigenvalue weighted by Gasteiger charge is 2.14. The Hall–Kier alpha value is -1.77. The minimum atomic E-state index is -1.43. The molecule has 0 radical (unpaired) electrons. The van der Waals surface area contributed by atoms with E-state index >= 15 is 0 Å². The van der Waals surface area contributed by atoms with Crippen molar-refractivity contribution in [3.63, 3.8) is 0 Å². The molecule has 0 saturated carbocycles. The molecular formula is C13H9F3. The van der Waals surface area contributed by atoms with Crippen LogP contribution in [0.4, 0.5) is 13.2 Å². The Labute approximate surface area is 91.4 Å². The van der Waals surface area contributed by atoms with Gasteiger partial charge in [-0.3, -0.25) is 0 Å². The zero-order chi connectivity index (χ0) is 11.7. The van der Waals surface area contributed by atoms with Crippen LogP contribution in [0.1, 0.15) is 5.56 Å². The summed E-state index contributed by atoms with van der Waals surface area (Å²) in [6.45, 7) is 1.89. The third-order valence-corrected chi connectivity index (χ3v) is 2.40. The van der Waals surface area contributed by atoms with Crippen LogP contribution < -0.4 is 0 Å². The lowest BCUT2D eigenvalue weighted by Crippen LogP contribution is -1.93. The van der Waals surface area contributed by atoms with E-state index in [2.05, 4.69) is 0 Å². The summed E-state index contributed by atoms with van der Waals surface area (Å²) in [5.74, 6) is -3.75. The molecule has 0 fully saturated rings. The number of hydrogen-bond donors (Lipinski definition) is 0. The standard InChI is InChI=1S/C13H9F3/c1-8-2-4-9(5-3-8)10-6-7-11(14)13(16)12(10)15/h2-7H,1H3. The van der Waals surface area contributed by atoms with E-state index in [-0.39, 0.29) is 5.56 Å². The Bertz CT molecular complexity index is 515. The molecule has 0 nitrogen and oxygen atoms in total. The fourth-order valence-electron chi connectivity index (χ4n) is 1.48. The first-order valence-corrected chi connectivity index (χ1v) is 4.80.